The summed E-state index contributed by atoms with van der Waals surface area (Å²) in [5, 5.41) is 5.38. The van der Waals surface area contributed by atoms with E-state index >= 15 is 0 Å². The Morgan fingerprint density at radius 1 is 1.04 bits per heavy atom. The maximum absolute atomic E-state index is 12.7. The number of nitrogens with one attached hydrogen (secondary N) is 2. The summed E-state index contributed by atoms with van der Waals surface area (Å²) in [5.74, 6) is 0. The van der Waals surface area contributed by atoms with Gasteiger partial charge in [0.2, 0.25) is 0 Å². The van der Waals surface area contributed by atoms with E-state index in [0.29, 0.717) is 5.56 Å². The number of hydrogen-bond acceptors (Lipinski definition) is 1. The number of alkyl halides is 3. The number of amides is 2. The highest BCUT2D eigenvalue weighted by Crippen LogP contribution is 2.29. The molecule has 2 amide bonds. The van der Waals surface area contributed by atoms with E-state index in [1.54, 1.807) is 6.07 Å². The van der Waals surface area contributed by atoms with Crippen LogP contribution in [0, 0.1) is 0 Å². The molecule has 25 heavy (non-hydrogen) atoms. The Bertz CT molecular complexity index is 687. The molecular weight excluding hydrogens is 329 g/mol. The van der Waals surface area contributed by atoms with Gasteiger partial charge in [0, 0.05) is 12.6 Å². The molecule has 0 fully saturated rings. The Morgan fingerprint density at radius 2 is 1.72 bits per heavy atom. The number of benzene rings is 2. The van der Waals surface area contributed by atoms with Gasteiger partial charge in [-0.2, -0.15) is 13.2 Å². The fraction of sp³-hybridized carbons (Fsp3) is 0.316. The molecule has 134 valence electrons. The maximum Gasteiger partial charge on any atom is 0.416 e. The molecule has 6 heteroatoms. The molecule has 2 rings (SSSR count). The van der Waals surface area contributed by atoms with E-state index in [1.807, 2.05) is 37.3 Å². The maximum atomic E-state index is 12.7. The number of hydrogen-bond donors (Lipinski definition) is 2. The van der Waals surface area contributed by atoms with Crippen molar-refractivity contribution in [3.8, 4) is 0 Å². The van der Waals surface area contributed by atoms with Gasteiger partial charge in [0.05, 0.1) is 5.56 Å². The number of rotatable bonds is 6. The number of carbonyl (C=O) groups is 1. The molecule has 2 aromatic carbocycles. The molecular formula is C19H21F3N2O. The van der Waals surface area contributed by atoms with Gasteiger partial charge in [0.25, 0.3) is 0 Å². The zero-order chi connectivity index (χ0) is 18.3. The Balaban J connectivity index is 1.76. The van der Waals surface area contributed by atoms with Gasteiger partial charge in [-0.25, -0.2) is 4.79 Å². The van der Waals surface area contributed by atoms with E-state index < -0.39 is 17.8 Å². The quantitative estimate of drug-likeness (QED) is 0.790. The second-order valence-electron chi connectivity index (χ2n) is 5.95. The summed E-state index contributed by atoms with van der Waals surface area (Å²) in [7, 11) is 0. The van der Waals surface area contributed by atoms with Gasteiger partial charge >= 0.3 is 12.2 Å². The highest BCUT2D eigenvalue weighted by molar-refractivity contribution is 5.74. The SMILES string of the molecule is CC(CCc1ccccc1)NC(=O)NCc1cccc(C(F)(F)F)c1. The van der Waals surface area contributed by atoms with E-state index in [9.17, 15) is 18.0 Å². The van der Waals surface area contributed by atoms with E-state index in [-0.39, 0.29) is 12.6 Å². The summed E-state index contributed by atoms with van der Waals surface area (Å²) in [5.41, 5.74) is 0.880. The van der Waals surface area contributed by atoms with Crippen molar-refractivity contribution in [2.45, 2.75) is 38.5 Å². The molecule has 1 atom stereocenters. The van der Waals surface area contributed by atoms with Crippen molar-refractivity contribution in [2.24, 2.45) is 0 Å². The monoisotopic (exact) mass is 350 g/mol. The first-order valence-electron chi connectivity index (χ1n) is 8.09. The van der Waals surface area contributed by atoms with Crippen LogP contribution in [0.2, 0.25) is 0 Å². The summed E-state index contributed by atoms with van der Waals surface area (Å²) in [6, 6.07) is 14.4. The van der Waals surface area contributed by atoms with Crippen LogP contribution in [-0.4, -0.2) is 12.1 Å². The summed E-state index contributed by atoms with van der Waals surface area (Å²) < 4.78 is 38.0. The highest BCUT2D eigenvalue weighted by atomic mass is 19.4. The minimum Gasteiger partial charge on any atom is -0.336 e. The Labute approximate surface area is 145 Å². The van der Waals surface area contributed by atoms with Crippen molar-refractivity contribution >= 4 is 6.03 Å². The van der Waals surface area contributed by atoms with Crippen LogP contribution >= 0.6 is 0 Å². The lowest BCUT2D eigenvalue weighted by molar-refractivity contribution is -0.137. The van der Waals surface area contributed by atoms with Gasteiger partial charge in [-0.3, -0.25) is 0 Å². The number of carbonyl (C=O) groups excluding carboxylic acids is 1. The largest absolute Gasteiger partial charge is 0.416 e. The first-order chi connectivity index (χ1) is 11.8. The van der Waals surface area contributed by atoms with Crippen LogP contribution in [0.1, 0.15) is 30.0 Å². The Hall–Kier alpha value is -2.50. The van der Waals surface area contributed by atoms with Gasteiger partial charge < -0.3 is 10.6 Å². The minimum absolute atomic E-state index is 0.0401. The fourth-order valence-corrected chi connectivity index (χ4v) is 2.41. The lowest BCUT2D eigenvalue weighted by Crippen LogP contribution is -2.40. The standard InChI is InChI=1S/C19H21F3N2O/c1-14(10-11-15-6-3-2-4-7-15)24-18(25)23-13-16-8-5-9-17(12-16)19(20,21)22/h2-9,12,14H,10-11,13H2,1H3,(H2,23,24,25). The van der Waals surface area contributed by atoms with Crippen LogP contribution in [0.25, 0.3) is 0 Å². The van der Waals surface area contributed by atoms with Crippen molar-refractivity contribution in [1.29, 1.82) is 0 Å². The van der Waals surface area contributed by atoms with E-state index in [4.69, 9.17) is 0 Å². The van der Waals surface area contributed by atoms with Crippen molar-refractivity contribution in [3.63, 3.8) is 0 Å². The van der Waals surface area contributed by atoms with Crippen LogP contribution in [-0.2, 0) is 19.1 Å². The molecule has 0 radical (unpaired) electrons. The van der Waals surface area contributed by atoms with E-state index in [1.165, 1.54) is 11.6 Å². The Morgan fingerprint density at radius 3 is 2.40 bits per heavy atom. The first kappa shape index (κ1) is 18.8. The van der Waals surface area contributed by atoms with Gasteiger partial charge in [-0.15, -0.1) is 0 Å². The number of aryl methyl sites for hydroxylation is 1. The molecule has 0 heterocycles. The van der Waals surface area contributed by atoms with Crippen LogP contribution in [0.4, 0.5) is 18.0 Å². The molecule has 0 aliphatic heterocycles. The second kappa shape index (κ2) is 8.55. The molecule has 0 saturated heterocycles. The second-order valence-corrected chi connectivity index (χ2v) is 5.95. The average molecular weight is 350 g/mol. The fourth-order valence-electron chi connectivity index (χ4n) is 2.41. The van der Waals surface area contributed by atoms with E-state index in [0.717, 1.165) is 25.0 Å². The van der Waals surface area contributed by atoms with Crippen molar-refractivity contribution < 1.29 is 18.0 Å². The number of urea groups is 1. The van der Waals surface area contributed by atoms with Gasteiger partial charge in [-0.1, -0.05) is 42.5 Å². The third-order valence-electron chi connectivity index (χ3n) is 3.79. The van der Waals surface area contributed by atoms with Gasteiger partial charge in [0.15, 0.2) is 0 Å². The zero-order valence-corrected chi connectivity index (χ0v) is 13.9. The summed E-state index contributed by atoms with van der Waals surface area (Å²) in [4.78, 5) is 11.9. The highest BCUT2D eigenvalue weighted by Gasteiger charge is 2.30. The molecule has 1 unspecified atom stereocenters. The molecule has 0 aliphatic rings. The predicted octanol–water partition coefficient (Wildman–Crippen LogP) is 4.53. The molecule has 0 saturated carbocycles. The molecule has 2 N–H and O–H groups in total. The normalized spacial score (nSPS) is 12.5. The third-order valence-corrected chi connectivity index (χ3v) is 3.79. The van der Waals surface area contributed by atoms with Crippen molar-refractivity contribution in [3.05, 3.63) is 71.3 Å². The summed E-state index contributed by atoms with van der Waals surface area (Å²) in [6.07, 6.45) is -2.76. The molecule has 0 spiro atoms. The van der Waals surface area contributed by atoms with Crippen molar-refractivity contribution in [2.75, 3.05) is 0 Å². The van der Waals surface area contributed by atoms with Crippen LogP contribution < -0.4 is 10.6 Å². The van der Waals surface area contributed by atoms with Gasteiger partial charge in [0.1, 0.15) is 0 Å². The van der Waals surface area contributed by atoms with Gasteiger partial charge in [-0.05, 0) is 43.0 Å². The zero-order valence-electron chi connectivity index (χ0n) is 13.9. The smallest absolute Gasteiger partial charge is 0.336 e. The summed E-state index contributed by atoms with van der Waals surface area (Å²) >= 11 is 0. The van der Waals surface area contributed by atoms with Crippen LogP contribution in [0.5, 0.6) is 0 Å². The molecule has 0 aliphatic carbocycles. The molecule has 0 bridgehead atoms. The number of halogens is 3. The topological polar surface area (TPSA) is 41.1 Å². The van der Waals surface area contributed by atoms with Crippen molar-refractivity contribution in [1.82, 2.24) is 10.6 Å². The lowest BCUT2D eigenvalue weighted by atomic mass is 10.1. The lowest BCUT2D eigenvalue weighted by Gasteiger charge is -2.15. The first-order valence-corrected chi connectivity index (χ1v) is 8.09. The molecule has 3 nitrogen and oxygen atoms in total. The van der Waals surface area contributed by atoms with Crippen LogP contribution in [0.3, 0.4) is 0 Å². The molecule has 2 aromatic rings. The van der Waals surface area contributed by atoms with E-state index in [2.05, 4.69) is 10.6 Å². The molecule has 0 aromatic heterocycles. The predicted molar refractivity (Wildman–Crippen MR) is 91.0 cm³/mol. The Kier molecular flexibility index (Phi) is 6.44. The minimum atomic E-state index is -4.38. The average Bonchev–Trinajstić information content (AvgIpc) is 2.59. The van der Waals surface area contributed by atoms with Crippen LogP contribution in [0.15, 0.2) is 54.6 Å². The summed E-state index contributed by atoms with van der Waals surface area (Å²) in [6.45, 7) is 1.94. The third kappa shape index (κ3) is 6.49.